The average molecular weight is 695 g/mol. The maximum absolute atomic E-state index is 3.93. The zero-order valence-electron chi connectivity index (χ0n) is 27.7. The van der Waals surface area contributed by atoms with Crippen molar-refractivity contribution in [1.82, 2.24) is 0 Å². The molecule has 0 saturated heterocycles. The molecule has 0 heterocycles. The Balaban J connectivity index is 0.000000218. The predicted octanol–water partition coefficient (Wildman–Crippen LogP) is 9.64. The summed E-state index contributed by atoms with van der Waals surface area (Å²) in [5.74, 6) is 0. The Morgan fingerprint density at radius 2 is 1.35 bits per heavy atom. The molecule has 1 unspecified atom stereocenters. The van der Waals surface area contributed by atoms with Crippen molar-refractivity contribution >= 4 is 14.9 Å². The van der Waals surface area contributed by atoms with E-state index in [0.717, 1.165) is 19.3 Å². The van der Waals surface area contributed by atoms with Crippen LogP contribution in [0.25, 0.3) is 22.8 Å². The second-order valence-electron chi connectivity index (χ2n) is 12.5. The molecule has 0 spiro atoms. The van der Waals surface area contributed by atoms with Gasteiger partial charge in [0.15, 0.2) is 0 Å². The minimum atomic E-state index is -0.145. The maximum atomic E-state index is 3.93. The predicted molar refractivity (Wildman–Crippen MR) is 200 cm³/mol. The molecule has 0 saturated carbocycles. The molecule has 0 bridgehead atoms. The van der Waals surface area contributed by atoms with Gasteiger partial charge >= 0.3 is 99.2 Å². The van der Waals surface area contributed by atoms with Gasteiger partial charge < -0.3 is 0 Å². The number of aryl methyl sites for hydroxylation is 1. The average Bonchev–Trinajstić information content (AvgIpc) is 3.84. The number of benzene rings is 5. The van der Waals surface area contributed by atoms with E-state index in [0.29, 0.717) is 0 Å². The Bertz CT molecular complexity index is 2160. The fourth-order valence-electron chi connectivity index (χ4n) is 7.29. The second-order valence-corrected chi connectivity index (χ2v) is 13.8. The summed E-state index contributed by atoms with van der Waals surface area (Å²) < 4.78 is 1.42. The van der Waals surface area contributed by atoms with E-state index in [1.807, 2.05) is 0 Å². The van der Waals surface area contributed by atoms with Crippen LogP contribution in [0.5, 0.6) is 0 Å². The molecule has 0 fully saturated rings. The van der Waals surface area contributed by atoms with Crippen LogP contribution in [0.4, 0.5) is 0 Å². The molecule has 1 atom stereocenters. The van der Waals surface area contributed by atoms with Gasteiger partial charge in [-0.25, -0.2) is 0 Å². The zero-order chi connectivity index (χ0) is 32.9. The summed E-state index contributed by atoms with van der Waals surface area (Å²) in [5, 5.41) is 2.56. The zero-order valence-corrected chi connectivity index (χ0v) is 30.2. The third-order valence-corrected chi connectivity index (χ3v) is 11.2. The first kappa shape index (κ1) is 32.1. The number of hydrogen-bond donors (Lipinski definition) is 0. The molecule has 0 radical (unpaired) electrons. The molecular weight excluding hydrogens is 656 g/mol. The minimum absolute atomic E-state index is 0.145. The van der Waals surface area contributed by atoms with Crippen LogP contribution in [0.15, 0.2) is 181 Å². The van der Waals surface area contributed by atoms with E-state index in [9.17, 15) is 0 Å². The van der Waals surface area contributed by atoms with Gasteiger partial charge in [-0.2, -0.15) is 0 Å². The van der Waals surface area contributed by atoms with Crippen LogP contribution in [0.1, 0.15) is 48.9 Å². The third-order valence-electron chi connectivity index (χ3n) is 9.78. The van der Waals surface area contributed by atoms with Crippen LogP contribution < -0.4 is 10.4 Å². The van der Waals surface area contributed by atoms with Gasteiger partial charge in [-0.15, -0.1) is 33.7 Å². The normalized spacial score (nSPS) is 17.2. The molecule has 1 heteroatoms. The van der Waals surface area contributed by atoms with Crippen molar-refractivity contribution in [3.63, 3.8) is 0 Å². The van der Waals surface area contributed by atoms with Gasteiger partial charge in [0.05, 0.1) is 0 Å². The van der Waals surface area contributed by atoms with Crippen LogP contribution >= 0.6 is 0 Å². The van der Waals surface area contributed by atoms with Gasteiger partial charge in [-0.05, 0) is 30.4 Å². The van der Waals surface area contributed by atoms with Crippen molar-refractivity contribution in [1.29, 1.82) is 0 Å². The van der Waals surface area contributed by atoms with E-state index >= 15 is 0 Å². The van der Waals surface area contributed by atoms with Crippen molar-refractivity contribution < 1.29 is 24.2 Å². The van der Waals surface area contributed by atoms with Crippen LogP contribution in [0.2, 0.25) is 0 Å². The summed E-state index contributed by atoms with van der Waals surface area (Å²) in [5.41, 5.74) is 13.3. The standard InChI is InChI=1S/C34H29.C13H10.Zr/c1-3-24-21-27-23-31-29(32(27)30(22-24)25-13-7-5-8-14-25)19-20-34(4-2,28-17-9-6-10-18-28)33(31)26-15-11-12-16-26;1-3-7-12(8-4-1)11-13-9-5-2-6-10-13;/h5-15,17-22H,3-4,16H2,1-2H3;1-10H;/q-1;;. The first-order valence-corrected chi connectivity index (χ1v) is 18.3. The number of rotatable bonds is 7. The van der Waals surface area contributed by atoms with E-state index in [4.69, 9.17) is 0 Å². The molecule has 0 nitrogen and oxygen atoms in total. The first-order chi connectivity index (χ1) is 23.6. The van der Waals surface area contributed by atoms with Gasteiger partial charge in [0, 0.05) is 5.41 Å². The topological polar surface area (TPSA) is 0 Å². The summed E-state index contributed by atoms with van der Waals surface area (Å²) in [4.78, 5) is 0. The van der Waals surface area contributed by atoms with Crippen molar-refractivity contribution in [2.45, 2.75) is 38.5 Å². The Kier molecular flexibility index (Phi) is 9.60. The van der Waals surface area contributed by atoms with Crippen molar-refractivity contribution in [2.24, 2.45) is 0 Å². The van der Waals surface area contributed by atoms with Gasteiger partial charge in [-0.1, -0.05) is 133 Å². The van der Waals surface area contributed by atoms with Gasteiger partial charge in [0.2, 0.25) is 0 Å². The Morgan fingerprint density at radius 3 is 1.92 bits per heavy atom. The SMILES string of the molecule is CCc1cc(-c2ccccc2)c2c(c1)=[C-]C1=C(C3=CC=CC3)C(CC)(c3ccccc3)C=CC=21.[Zr]=[C](c1ccccc1)c1ccccc1. The second kappa shape index (κ2) is 14.4. The number of allylic oxidation sites excluding steroid dienone is 8. The molecule has 3 aliphatic carbocycles. The van der Waals surface area contributed by atoms with E-state index < -0.39 is 0 Å². The van der Waals surface area contributed by atoms with Crippen molar-refractivity contribution in [2.75, 3.05) is 0 Å². The van der Waals surface area contributed by atoms with E-state index in [1.165, 1.54) is 93.6 Å². The van der Waals surface area contributed by atoms with Crippen molar-refractivity contribution in [3.05, 3.63) is 213 Å². The number of fused-ring (bicyclic) bond motifs is 2. The van der Waals surface area contributed by atoms with Crippen LogP contribution in [-0.4, -0.2) is 3.21 Å². The van der Waals surface area contributed by atoms with Crippen molar-refractivity contribution in [3.8, 4) is 11.1 Å². The summed E-state index contributed by atoms with van der Waals surface area (Å²) in [6, 6.07) is 47.7. The van der Waals surface area contributed by atoms with Crippen LogP contribution in [0.3, 0.4) is 0 Å². The van der Waals surface area contributed by atoms with Crippen LogP contribution in [-0.2, 0) is 36.1 Å². The number of hydrogen-bond acceptors (Lipinski definition) is 0. The van der Waals surface area contributed by atoms with Crippen LogP contribution in [0, 0.1) is 0 Å². The summed E-state index contributed by atoms with van der Waals surface area (Å²) in [6.07, 6.45) is 18.6. The monoisotopic (exact) mass is 693 g/mol. The Morgan fingerprint density at radius 1 is 0.750 bits per heavy atom. The molecule has 48 heavy (non-hydrogen) atoms. The van der Waals surface area contributed by atoms with Gasteiger partial charge in [0.1, 0.15) is 0 Å². The fourth-order valence-corrected chi connectivity index (χ4v) is 8.11. The quantitative estimate of drug-likeness (QED) is 0.149. The van der Waals surface area contributed by atoms with Gasteiger partial charge in [0.25, 0.3) is 0 Å². The molecule has 5 aromatic rings. The summed E-state index contributed by atoms with van der Waals surface area (Å²) in [7, 11) is 0. The molecule has 8 rings (SSSR count). The first-order valence-electron chi connectivity index (χ1n) is 17.0. The molecule has 5 aromatic carbocycles. The van der Waals surface area contributed by atoms with Gasteiger partial charge in [-0.3, -0.25) is 0 Å². The molecule has 0 aliphatic heterocycles. The molecule has 232 valence electrons. The summed E-state index contributed by atoms with van der Waals surface area (Å²) in [6.45, 7) is 4.56. The Hall–Kier alpha value is -4.45. The van der Waals surface area contributed by atoms with E-state index in [1.54, 1.807) is 0 Å². The van der Waals surface area contributed by atoms with E-state index in [-0.39, 0.29) is 5.41 Å². The molecule has 0 N–H and O–H groups in total. The van der Waals surface area contributed by atoms with E-state index in [2.05, 4.69) is 184 Å². The summed E-state index contributed by atoms with van der Waals surface area (Å²) >= 11 is 1.46. The molecule has 0 amide bonds. The third kappa shape index (κ3) is 6.13. The molecule has 3 aliphatic rings. The Labute approximate surface area is 300 Å². The molecular formula is C47H39Zr-. The fraction of sp³-hybridized carbons (Fsp3) is 0.128. The molecule has 0 aromatic heterocycles.